The molecule has 22 heavy (non-hydrogen) atoms. The zero-order chi connectivity index (χ0) is 15.7. The molecule has 0 radical (unpaired) electrons. The Morgan fingerprint density at radius 3 is 2.77 bits per heavy atom. The fraction of sp³-hybridized carbons (Fsp3) is 0.200. The van der Waals surface area contributed by atoms with Gasteiger partial charge in [0.2, 0.25) is 5.91 Å². The van der Waals surface area contributed by atoms with Gasteiger partial charge in [0.1, 0.15) is 6.04 Å². The molecule has 1 aromatic heterocycles. The van der Waals surface area contributed by atoms with Crippen LogP contribution in [0.1, 0.15) is 16.8 Å². The normalized spacial score (nSPS) is 17.8. The van der Waals surface area contributed by atoms with Crippen LogP contribution in [0.3, 0.4) is 0 Å². The van der Waals surface area contributed by atoms with Crippen LogP contribution in [0.4, 0.5) is 5.69 Å². The summed E-state index contributed by atoms with van der Waals surface area (Å²) in [5.41, 5.74) is 1.18. The van der Waals surface area contributed by atoms with Crippen LogP contribution >= 0.6 is 23.2 Å². The lowest BCUT2D eigenvalue weighted by Gasteiger charge is -2.17. The number of nitrogens with zero attached hydrogens (tertiary/aromatic N) is 1. The van der Waals surface area contributed by atoms with Gasteiger partial charge in [0, 0.05) is 24.6 Å². The minimum absolute atomic E-state index is 0.151. The fourth-order valence-electron chi connectivity index (χ4n) is 2.43. The van der Waals surface area contributed by atoms with Gasteiger partial charge in [-0.15, -0.1) is 0 Å². The zero-order valence-electron chi connectivity index (χ0n) is 11.5. The van der Waals surface area contributed by atoms with Crippen LogP contribution in [0.2, 0.25) is 10.0 Å². The lowest BCUT2D eigenvalue weighted by molar-refractivity contribution is -0.118. The summed E-state index contributed by atoms with van der Waals surface area (Å²) in [5.74, 6) is -0.419. The Balaban J connectivity index is 1.72. The Bertz CT molecular complexity index is 716. The third kappa shape index (κ3) is 2.82. The summed E-state index contributed by atoms with van der Waals surface area (Å²) in [6, 6.07) is 6.17. The van der Waals surface area contributed by atoms with E-state index in [1.807, 2.05) is 0 Å². The van der Waals surface area contributed by atoms with Crippen molar-refractivity contribution in [1.29, 1.82) is 0 Å². The lowest BCUT2D eigenvalue weighted by Crippen LogP contribution is -2.41. The molecule has 0 unspecified atom stereocenters. The van der Waals surface area contributed by atoms with Crippen LogP contribution in [0.15, 0.2) is 36.7 Å². The first-order valence-electron chi connectivity index (χ1n) is 6.76. The molecule has 114 valence electrons. The Hall–Kier alpha value is -1.98. The summed E-state index contributed by atoms with van der Waals surface area (Å²) in [4.78, 5) is 28.9. The van der Waals surface area contributed by atoms with Crippen molar-refractivity contribution in [3.8, 4) is 0 Å². The molecule has 1 fully saturated rings. The Kier molecular flexibility index (Phi) is 4.09. The maximum atomic E-state index is 12.4. The number of halogens is 2. The Morgan fingerprint density at radius 1 is 1.27 bits per heavy atom. The second kappa shape index (κ2) is 6.02. The molecular formula is C15H13Cl2N3O2. The van der Waals surface area contributed by atoms with Gasteiger partial charge < -0.3 is 15.2 Å². The Labute approximate surface area is 137 Å². The first-order chi connectivity index (χ1) is 10.6. The van der Waals surface area contributed by atoms with Crippen molar-refractivity contribution in [3.63, 3.8) is 0 Å². The van der Waals surface area contributed by atoms with E-state index in [9.17, 15) is 9.59 Å². The van der Waals surface area contributed by atoms with Crippen molar-refractivity contribution >= 4 is 40.7 Å². The number of aromatic nitrogens is 1. The van der Waals surface area contributed by atoms with Gasteiger partial charge in [0.25, 0.3) is 5.91 Å². The maximum absolute atomic E-state index is 12.4. The number of carbonyl (C=O) groups excluding carboxylic acids is 2. The first-order valence-corrected chi connectivity index (χ1v) is 7.52. The molecular weight excluding hydrogens is 325 g/mol. The molecule has 1 aliphatic heterocycles. The summed E-state index contributed by atoms with van der Waals surface area (Å²) in [5, 5.41) is 3.58. The third-order valence-electron chi connectivity index (χ3n) is 3.59. The number of aromatic amines is 1. The molecule has 2 aromatic rings. The van der Waals surface area contributed by atoms with E-state index in [1.54, 1.807) is 41.6 Å². The van der Waals surface area contributed by atoms with E-state index in [1.165, 1.54) is 0 Å². The minimum Gasteiger partial charge on any atom is -0.367 e. The van der Waals surface area contributed by atoms with Crippen molar-refractivity contribution in [1.82, 2.24) is 10.3 Å². The Morgan fingerprint density at radius 2 is 2.09 bits per heavy atom. The zero-order valence-corrected chi connectivity index (χ0v) is 13.0. The number of hydrogen-bond acceptors (Lipinski definition) is 2. The number of hydrogen-bond donors (Lipinski definition) is 2. The summed E-state index contributed by atoms with van der Waals surface area (Å²) >= 11 is 11.9. The smallest absolute Gasteiger partial charge is 0.253 e. The van der Waals surface area contributed by atoms with Gasteiger partial charge in [-0.2, -0.15) is 0 Å². The third-order valence-corrected chi connectivity index (χ3v) is 4.32. The number of rotatable bonds is 3. The SMILES string of the molecule is O=C(N[C@H]1CCN(c2ccc(Cl)c(Cl)c2)C1=O)c1cc[nH]c1. The van der Waals surface area contributed by atoms with E-state index < -0.39 is 6.04 Å². The van der Waals surface area contributed by atoms with E-state index in [-0.39, 0.29) is 11.8 Å². The molecule has 2 amide bonds. The van der Waals surface area contributed by atoms with Gasteiger partial charge in [-0.3, -0.25) is 9.59 Å². The molecule has 1 aromatic carbocycles. The second-order valence-electron chi connectivity index (χ2n) is 5.00. The summed E-state index contributed by atoms with van der Waals surface area (Å²) in [6.45, 7) is 0.523. The summed E-state index contributed by atoms with van der Waals surface area (Å²) in [7, 11) is 0. The van der Waals surface area contributed by atoms with E-state index in [2.05, 4.69) is 10.3 Å². The fourth-order valence-corrected chi connectivity index (χ4v) is 2.72. The van der Waals surface area contributed by atoms with E-state index >= 15 is 0 Å². The maximum Gasteiger partial charge on any atom is 0.253 e. The number of nitrogens with one attached hydrogen (secondary N) is 2. The average Bonchev–Trinajstić information content (AvgIpc) is 3.13. The highest BCUT2D eigenvalue weighted by Gasteiger charge is 2.34. The van der Waals surface area contributed by atoms with Crippen molar-refractivity contribution < 1.29 is 9.59 Å². The summed E-state index contributed by atoms with van der Waals surface area (Å²) < 4.78 is 0. The summed E-state index contributed by atoms with van der Waals surface area (Å²) in [6.07, 6.45) is 3.80. The molecule has 0 bridgehead atoms. The number of H-pyrrole nitrogens is 1. The largest absolute Gasteiger partial charge is 0.367 e. The molecule has 7 heteroatoms. The van der Waals surface area contributed by atoms with Crippen LogP contribution in [-0.2, 0) is 4.79 Å². The molecule has 0 saturated carbocycles. The predicted molar refractivity (Wildman–Crippen MR) is 85.5 cm³/mol. The molecule has 0 spiro atoms. The molecule has 1 atom stereocenters. The second-order valence-corrected chi connectivity index (χ2v) is 5.82. The lowest BCUT2D eigenvalue weighted by atomic mass is 10.2. The first kappa shape index (κ1) is 14.9. The van der Waals surface area contributed by atoms with Crippen LogP contribution in [-0.4, -0.2) is 29.4 Å². The van der Waals surface area contributed by atoms with E-state index in [4.69, 9.17) is 23.2 Å². The molecule has 2 N–H and O–H groups in total. The predicted octanol–water partition coefficient (Wildman–Crippen LogP) is 2.86. The molecule has 1 aliphatic rings. The van der Waals surface area contributed by atoms with Crippen LogP contribution in [0, 0.1) is 0 Å². The topological polar surface area (TPSA) is 65.2 Å². The number of benzene rings is 1. The number of amides is 2. The highest BCUT2D eigenvalue weighted by atomic mass is 35.5. The monoisotopic (exact) mass is 337 g/mol. The van der Waals surface area contributed by atoms with Crippen molar-refractivity contribution in [2.45, 2.75) is 12.5 Å². The van der Waals surface area contributed by atoms with Crippen LogP contribution in [0.5, 0.6) is 0 Å². The van der Waals surface area contributed by atoms with Gasteiger partial charge in [-0.05, 0) is 30.7 Å². The minimum atomic E-state index is -0.531. The van der Waals surface area contributed by atoms with Gasteiger partial charge in [-0.1, -0.05) is 23.2 Å². The quantitative estimate of drug-likeness (QED) is 0.904. The van der Waals surface area contributed by atoms with E-state index in [0.717, 1.165) is 0 Å². The van der Waals surface area contributed by atoms with Crippen molar-refractivity contribution in [2.75, 3.05) is 11.4 Å². The average molecular weight is 338 g/mol. The van der Waals surface area contributed by atoms with Gasteiger partial charge in [0.05, 0.1) is 15.6 Å². The van der Waals surface area contributed by atoms with Gasteiger partial charge in [0.15, 0.2) is 0 Å². The molecule has 3 rings (SSSR count). The number of carbonyl (C=O) groups is 2. The van der Waals surface area contributed by atoms with Crippen molar-refractivity contribution in [3.05, 3.63) is 52.3 Å². The van der Waals surface area contributed by atoms with Crippen LogP contribution < -0.4 is 10.2 Å². The molecule has 5 nitrogen and oxygen atoms in total. The van der Waals surface area contributed by atoms with Gasteiger partial charge >= 0.3 is 0 Å². The molecule has 0 aliphatic carbocycles. The standard InChI is InChI=1S/C15H13Cl2N3O2/c16-11-2-1-10(7-12(11)17)20-6-4-13(15(20)22)19-14(21)9-3-5-18-8-9/h1-3,5,7-8,13,18H,4,6H2,(H,19,21)/t13-/m0/s1. The van der Waals surface area contributed by atoms with E-state index in [0.29, 0.717) is 34.3 Å². The van der Waals surface area contributed by atoms with Gasteiger partial charge in [-0.25, -0.2) is 0 Å². The molecule has 2 heterocycles. The highest BCUT2D eigenvalue weighted by Crippen LogP contribution is 2.29. The highest BCUT2D eigenvalue weighted by molar-refractivity contribution is 6.42. The number of anilines is 1. The van der Waals surface area contributed by atoms with Crippen molar-refractivity contribution in [2.24, 2.45) is 0 Å². The molecule has 1 saturated heterocycles. The van der Waals surface area contributed by atoms with Crippen LogP contribution in [0.25, 0.3) is 0 Å².